The van der Waals surface area contributed by atoms with E-state index in [-0.39, 0.29) is 5.82 Å². The van der Waals surface area contributed by atoms with Gasteiger partial charge in [-0.1, -0.05) is 12.6 Å². The first kappa shape index (κ1) is 20.6. The molecule has 3 N–H and O–H groups in total. The molecule has 0 fully saturated rings. The molecule has 0 unspecified atom stereocenters. The van der Waals surface area contributed by atoms with Gasteiger partial charge in [-0.3, -0.25) is 4.98 Å². The molecule has 30 heavy (non-hydrogen) atoms. The molecule has 0 saturated carbocycles. The van der Waals surface area contributed by atoms with Crippen molar-refractivity contribution in [1.29, 1.82) is 10.5 Å². The maximum atomic E-state index is 9.37. The average Bonchev–Trinajstić information content (AvgIpc) is 2.75. The van der Waals surface area contributed by atoms with Crippen molar-refractivity contribution < 1.29 is 0 Å². The smallest absolute Gasteiger partial charge is 0.141 e. The fourth-order valence-corrected chi connectivity index (χ4v) is 2.99. The summed E-state index contributed by atoms with van der Waals surface area (Å²) < 4.78 is 0. The molecule has 0 aliphatic heterocycles. The Balaban J connectivity index is 1.91. The lowest BCUT2D eigenvalue weighted by Crippen LogP contribution is -2.16. The molecule has 3 rings (SSSR count). The number of hydrogen-bond acceptors (Lipinski definition) is 6. The van der Waals surface area contributed by atoms with Crippen LogP contribution in [0.5, 0.6) is 0 Å². The normalized spacial score (nSPS) is 10.7. The van der Waals surface area contributed by atoms with Crippen LogP contribution in [0.2, 0.25) is 0 Å². The number of hydrogen-bond donors (Lipinski definition) is 2. The van der Waals surface area contributed by atoms with Crippen LogP contribution in [0, 0.1) is 29.6 Å². The molecule has 0 aliphatic carbocycles. The van der Waals surface area contributed by atoms with Crippen molar-refractivity contribution in [3.8, 4) is 23.3 Å². The number of nitriles is 2. The Labute approximate surface area is 176 Å². The van der Waals surface area contributed by atoms with Crippen molar-refractivity contribution in [3.05, 3.63) is 77.8 Å². The van der Waals surface area contributed by atoms with E-state index in [1.165, 1.54) is 0 Å². The van der Waals surface area contributed by atoms with Crippen LogP contribution in [0.3, 0.4) is 0 Å². The molecule has 0 saturated heterocycles. The first-order valence-electron chi connectivity index (χ1n) is 9.36. The van der Waals surface area contributed by atoms with E-state index in [4.69, 9.17) is 5.73 Å². The van der Waals surface area contributed by atoms with Gasteiger partial charge >= 0.3 is 0 Å². The number of aromatic nitrogens is 2. The van der Waals surface area contributed by atoms with Gasteiger partial charge in [-0.15, -0.1) is 0 Å². The Kier molecular flexibility index (Phi) is 5.53. The maximum Gasteiger partial charge on any atom is 0.141 e. The predicted octanol–water partition coefficient (Wildman–Crippen LogP) is 4.79. The Morgan fingerprint density at radius 1 is 1.13 bits per heavy atom. The highest BCUT2D eigenvalue weighted by atomic mass is 14.9. The molecule has 0 aliphatic rings. The molecule has 0 atom stereocenters. The van der Waals surface area contributed by atoms with E-state index in [2.05, 4.69) is 34.0 Å². The lowest BCUT2D eigenvalue weighted by molar-refractivity contribution is 0.659. The molecule has 2 aromatic heterocycles. The van der Waals surface area contributed by atoms with Crippen LogP contribution in [0.1, 0.15) is 36.2 Å². The molecule has 148 valence electrons. The van der Waals surface area contributed by atoms with E-state index >= 15 is 0 Å². The summed E-state index contributed by atoms with van der Waals surface area (Å²) in [5.74, 6) is 0.218. The quantitative estimate of drug-likeness (QED) is 0.643. The highest BCUT2D eigenvalue weighted by molar-refractivity contribution is 5.79. The van der Waals surface area contributed by atoms with E-state index < -0.39 is 5.41 Å². The minimum atomic E-state index is -0.687. The zero-order chi connectivity index (χ0) is 21.9. The Morgan fingerprint density at radius 2 is 1.90 bits per heavy atom. The largest absolute Gasteiger partial charge is 0.383 e. The minimum Gasteiger partial charge on any atom is -0.383 e. The molecule has 6 nitrogen and oxygen atoms in total. The van der Waals surface area contributed by atoms with Crippen molar-refractivity contribution in [2.75, 3.05) is 11.1 Å². The molecule has 0 spiro atoms. The van der Waals surface area contributed by atoms with Gasteiger partial charge in [0.05, 0.1) is 22.7 Å². The second kappa shape index (κ2) is 8.06. The first-order chi connectivity index (χ1) is 14.2. The van der Waals surface area contributed by atoms with Gasteiger partial charge in [0.1, 0.15) is 11.9 Å². The van der Waals surface area contributed by atoms with Crippen molar-refractivity contribution >= 4 is 17.2 Å². The fraction of sp³-hybridized carbons (Fsp3) is 0.167. The van der Waals surface area contributed by atoms with Crippen LogP contribution in [0.25, 0.3) is 16.8 Å². The second-order valence-corrected chi connectivity index (χ2v) is 7.57. The van der Waals surface area contributed by atoms with E-state index in [0.29, 0.717) is 17.0 Å². The van der Waals surface area contributed by atoms with Crippen LogP contribution >= 0.6 is 0 Å². The van der Waals surface area contributed by atoms with Gasteiger partial charge in [-0.05, 0) is 62.2 Å². The standard InChI is InChI=1S/C24H22N6/c1-15-5-6-20(11-21(15)19-9-18(12-25)23(27)29-13-19)30-16(2)17-7-8-28-22(10-17)24(3,4)14-26/h5-11,13,30H,2H2,1,3-4H3,(H2,27,29). The molecule has 3 aromatic rings. The predicted molar refractivity (Wildman–Crippen MR) is 119 cm³/mol. The van der Waals surface area contributed by atoms with E-state index in [1.54, 1.807) is 18.5 Å². The molecule has 0 amide bonds. The van der Waals surface area contributed by atoms with Gasteiger partial charge in [-0.25, -0.2) is 4.98 Å². The van der Waals surface area contributed by atoms with Crippen molar-refractivity contribution in [2.24, 2.45) is 0 Å². The van der Waals surface area contributed by atoms with Crippen molar-refractivity contribution in [1.82, 2.24) is 9.97 Å². The third kappa shape index (κ3) is 4.14. The van der Waals surface area contributed by atoms with Crippen LogP contribution in [0.15, 0.2) is 55.4 Å². The minimum absolute atomic E-state index is 0.218. The monoisotopic (exact) mass is 394 g/mol. The van der Waals surface area contributed by atoms with Gasteiger partial charge in [0.25, 0.3) is 0 Å². The summed E-state index contributed by atoms with van der Waals surface area (Å²) in [5, 5.41) is 21.9. The summed E-state index contributed by atoms with van der Waals surface area (Å²) in [5.41, 5.74) is 11.3. The number of rotatable bonds is 5. The Hall–Kier alpha value is -4.16. The average molecular weight is 394 g/mol. The molecular formula is C24H22N6. The van der Waals surface area contributed by atoms with Gasteiger partial charge in [0.2, 0.25) is 0 Å². The van der Waals surface area contributed by atoms with Crippen LogP contribution in [0.4, 0.5) is 11.5 Å². The molecule has 0 bridgehead atoms. The Bertz CT molecular complexity index is 1210. The fourth-order valence-electron chi connectivity index (χ4n) is 2.99. The molecule has 6 heteroatoms. The maximum absolute atomic E-state index is 9.37. The van der Waals surface area contributed by atoms with Gasteiger partial charge in [-0.2, -0.15) is 10.5 Å². The zero-order valence-corrected chi connectivity index (χ0v) is 17.2. The highest BCUT2D eigenvalue weighted by Gasteiger charge is 2.21. The number of anilines is 2. The lowest BCUT2D eigenvalue weighted by atomic mass is 9.90. The molecule has 2 heterocycles. The summed E-state index contributed by atoms with van der Waals surface area (Å²) in [7, 11) is 0. The Morgan fingerprint density at radius 3 is 2.60 bits per heavy atom. The number of aryl methyl sites for hydroxylation is 1. The molecule has 0 radical (unpaired) electrons. The van der Waals surface area contributed by atoms with Crippen LogP contribution in [-0.2, 0) is 5.41 Å². The van der Waals surface area contributed by atoms with E-state index in [0.717, 1.165) is 27.9 Å². The summed E-state index contributed by atoms with van der Waals surface area (Å²) in [4.78, 5) is 8.46. The second-order valence-electron chi connectivity index (χ2n) is 7.57. The van der Waals surface area contributed by atoms with Crippen molar-refractivity contribution in [2.45, 2.75) is 26.2 Å². The van der Waals surface area contributed by atoms with E-state index in [1.807, 2.05) is 51.1 Å². The van der Waals surface area contributed by atoms with Crippen LogP contribution < -0.4 is 11.1 Å². The number of benzene rings is 1. The van der Waals surface area contributed by atoms with E-state index in [9.17, 15) is 10.5 Å². The SMILES string of the molecule is C=C(Nc1ccc(C)c(-c2cnc(N)c(C#N)c2)c1)c1ccnc(C(C)(C)C#N)c1. The lowest BCUT2D eigenvalue weighted by Gasteiger charge is -2.17. The zero-order valence-electron chi connectivity index (χ0n) is 17.2. The van der Waals surface area contributed by atoms with Crippen molar-refractivity contribution in [3.63, 3.8) is 0 Å². The molecular weight excluding hydrogens is 372 g/mol. The third-order valence-electron chi connectivity index (χ3n) is 4.91. The topological polar surface area (TPSA) is 111 Å². The van der Waals surface area contributed by atoms with Gasteiger partial charge < -0.3 is 11.1 Å². The summed E-state index contributed by atoms with van der Waals surface area (Å²) >= 11 is 0. The van der Waals surface area contributed by atoms with Gasteiger partial charge in [0.15, 0.2) is 0 Å². The number of nitrogens with one attached hydrogen (secondary N) is 1. The summed E-state index contributed by atoms with van der Waals surface area (Å²) in [6, 6.07) is 15.7. The summed E-state index contributed by atoms with van der Waals surface area (Å²) in [6.45, 7) is 9.80. The first-order valence-corrected chi connectivity index (χ1v) is 9.36. The third-order valence-corrected chi connectivity index (χ3v) is 4.91. The van der Waals surface area contributed by atoms with Crippen LogP contribution in [-0.4, -0.2) is 9.97 Å². The summed E-state index contributed by atoms with van der Waals surface area (Å²) in [6.07, 6.45) is 3.34. The number of nitrogens with zero attached hydrogens (tertiary/aromatic N) is 4. The highest BCUT2D eigenvalue weighted by Crippen LogP contribution is 2.30. The number of pyridine rings is 2. The van der Waals surface area contributed by atoms with Gasteiger partial charge in [0, 0.05) is 34.9 Å². The molecule has 1 aromatic carbocycles. The number of nitrogen functional groups attached to an aromatic ring is 1. The number of nitrogens with two attached hydrogens (primary N) is 1.